The van der Waals surface area contributed by atoms with Crippen LogP contribution in [0.2, 0.25) is 0 Å². The third-order valence-corrected chi connectivity index (χ3v) is 3.35. The minimum atomic E-state index is 0.0942. The van der Waals surface area contributed by atoms with Gasteiger partial charge in [0.15, 0.2) is 0 Å². The van der Waals surface area contributed by atoms with Gasteiger partial charge in [0.25, 0.3) is 0 Å². The van der Waals surface area contributed by atoms with Gasteiger partial charge in [-0.2, -0.15) is 5.26 Å². The Morgan fingerprint density at radius 1 is 1.35 bits per heavy atom. The average molecular weight is 231 g/mol. The van der Waals surface area contributed by atoms with Gasteiger partial charge in [0, 0.05) is 30.5 Å². The monoisotopic (exact) mass is 231 g/mol. The summed E-state index contributed by atoms with van der Waals surface area (Å²) < 4.78 is 2.40. The molecule has 0 aliphatic carbocycles. The molecule has 0 saturated heterocycles. The molecule has 0 unspecified atom stereocenters. The number of aryl methyl sites for hydroxylation is 1. The van der Waals surface area contributed by atoms with Crippen LogP contribution in [-0.2, 0) is 24.8 Å². The van der Waals surface area contributed by atoms with Crippen molar-refractivity contribution in [2.45, 2.75) is 64.8 Å². The predicted octanol–water partition coefficient (Wildman–Crippen LogP) is 2.97. The highest BCUT2D eigenvalue weighted by Gasteiger charge is 2.26. The van der Waals surface area contributed by atoms with Gasteiger partial charge in [-0.05, 0) is 19.3 Å². The van der Waals surface area contributed by atoms with Gasteiger partial charge in [-0.3, -0.25) is 0 Å². The molecule has 3 nitrogen and oxygen atoms in total. The fraction of sp³-hybridized carbons (Fsp3) is 0.714. The van der Waals surface area contributed by atoms with Crippen LogP contribution in [-0.4, -0.2) is 9.55 Å². The molecule has 2 heterocycles. The summed E-state index contributed by atoms with van der Waals surface area (Å²) in [7, 11) is 0. The van der Waals surface area contributed by atoms with Gasteiger partial charge in [-0.25, -0.2) is 4.98 Å². The van der Waals surface area contributed by atoms with E-state index in [1.807, 2.05) is 0 Å². The van der Waals surface area contributed by atoms with Crippen molar-refractivity contribution in [2.24, 2.45) is 0 Å². The minimum Gasteiger partial charge on any atom is -0.331 e. The zero-order valence-electron chi connectivity index (χ0n) is 11.1. The van der Waals surface area contributed by atoms with E-state index in [0.29, 0.717) is 6.42 Å². The molecule has 92 valence electrons. The van der Waals surface area contributed by atoms with E-state index < -0.39 is 0 Å². The second-order valence-electron chi connectivity index (χ2n) is 5.85. The second-order valence-corrected chi connectivity index (χ2v) is 5.85. The lowest BCUT2D eigenvalue weighted by Gasteiger charge is -2.23. The molecule has 2 rings (SSSR count). The first kappa shape index (κ1) is 12.2. The number of nitriles is 1. The van der Waals surface area contributed by atoms with Crippen molar-refractivity contribution in [3.05, 3.63) is 17.2 Å². The Balaban J connectivity index is 2.41. The normalized spacial score (nSPS) is 15.4. The Hall–Kier alpha value is -1.30. The van der Waals surface area contributed by atoms with Crippen LogP contribution >= 0.6 is 0 Å². The lowest BCUT2D eigenvalue weighted by atomic mass is 9.95. The van der Waals surface area contributed by atoms with E-state index in [4.69, 9.17) is 10.2 Å². The van der Waals surface area contributed by atoms with E-state index in [1.54, 1.807) is 0 Å². The third kappa shape index (κ3) is 2.36. The predicted molar refractivity (Wildman–Crippen MR) is 67.8 cm³/mol. The van der Waals surface area contributed by atoms with Gasteiger partial charge in [0.1, 0.15) is 5.82 Å². The molecule has 3 heteroatoms. The van der Waals surface area contributed by atoms with Crippen molar-refractivity contribution >= 4 is 0 Å². The molecule has 0 spiro atoms. The first-order valence-corrected chi connectivity index (χ1v) is 6.49. The number of rotatable bonds is 2. The SMILES string of the molecule is CC(C)(C)c1nc(CCC#N)c2n1CCCC2. The maximum Gasteiger partial charge on any atom is 0.114 e. The van der Waals surface area contributed by atoms with E-state index in [0.717, 1.165) is 25.1 Å². The molecule has 0 atom stereocenters. The standard InChI is InChI=1S/C14H21N3/c1-14(2,3)13-16-11(7-6-9-15)12-8-4-5-10-17(12)13/h4-8,10H2,1-3H3. The maximum atomic E-state index is 8.71. The molecule has 0 fully saturated rings. The highest BCUT2D eigenvalue weighted by molar-refractivity contribution is 5.23. The zero-order valence-corrected chi connectivity index (χ0v) is 11.1. The van der Waals surface area contributed by atoms with Crippen LogP contribution < -0.4 is 0 Å². The Morgan fingerprint density at radius 2 is 2.12 bits per heavy atom. The summed E-state index contributed by atoms with van der Waals surface area (Å²) in [6.07, 6.45) is 5.03. The maximum absolute atomic E-state index is 8.71. The molecule has 0 radical (unpaired) electrons. The average Bonchev–Trinajstić information content (AvgIpc) is 2.65. The van der Waals surface area contributed by atoms with Gasteiger partial charge < -0.3 is 4.57 Å². The van der Waals surface area contributed by atoms with Gasteiger partial charge >= 0.3 is 0 Å². The number of hydrogen-bond donors (Lipinski definition) is 0. The van der Waals surface area contributed by atoms with E-state index in [1.165, 1.54) is 24.4 Å². The van der Waals surface area contributed by atoms with Crippen molar-refractivity contribution in [2.75, 3.05) is 0 Å². The second kappa shape index (κ2) is 4.52. The number of hydrogen-bond acceptors (Lipinski definition) is 2. The van der Waals surface area contributed by atoms with Crippen LogP contribution in [0.15, 0.2) is 0 Å². The topological polar surface area (TPSA) is 41.6 Å². The summed E-state index contributed by atoms with van der Waals surface area (Å²) in [6, 6.07) is 2.22. The van der Waals surface area contributed by atoms with Crippen molar-refractivity contribution in [3.63, 3.8) is 0 Å². The summed E-state index contributed by atoms with van der Waals surface area (Å²) in [4.78, 5) is 4.81. The lowest BCUT2D eigenvalue weighted by Crippen LogP contribution is -2.22. The van der Waals surface area contributed by atoms with Gasteiger partial charge in [0.05, 0.1) is 11.8 Å². The van der Waals surface area contributed by atoms with Crippen LogP contribution in [0.1, 0.15) is 57.2 Å². The van der Waals surface area contributed by atoms with Crippen molar-refractivity contribution in [1.82, 2.24) is 9.55 Å². The van der Waals surface area contributed by atoms with Crippen LogP contribution in [0.5, 0.6) is 0 Å². The molecule has 0 N–H and O–H groups in total. The van der Waals surface area contributed by atoms with Crippen molar-refractivity contribution in [3.8, 4) is 6.07 Å². The first-order valence-electron chi connectivity index (χ1n) is 6.49. The van der Waals surface area contributed by atoms with Crippen molar-refractivity contribution < 1.29 is 0 Å². The third-order valence-electron chi connectivity index (χ3n) is 3.35. The molecular weight excluding hydrogens is 210 g/mol. The van der Waals surface area contributed by atoms with Crippen LogP contribution in [0.3, 0.4) is 0 Å². The summed E-state index contributed by atoms with van der Waals surface area (Å²) in [5, 5.41) is 8.71. The Kier molecular flexibility index (Phi) is 3.24. The number of fused-ring (bicyclic) bond motifs is 1. The summed E-state index contributed by atoms with van der Waals surface area (Å²) >= 11 is 0. The van der Waals surface area contributed by atoms with Gasteiger partial charge in [0.2, 0.25) is 0 Å². The first-order chi connectivity index (χ1) is 8.04. The van der Waals surface area contributed by atoms with E-state index >= 15 is 0 Å². The smallest absolute Gasteiger partial charge is 0.114 e. The highest BCUT2D eigenvalue weighted by atomic mass is 15.1. The molecule has 0 saturated carbocycles. The molecule has 1 aromatic rings. The summed E-state index contributed by atoms with van der Waals surface area (Å²) in [5.41, 5.74) is 2.64. The largest absolute Gasteiger partial charge is 0.331 e. The molecule has 17 heavy (non-hydrogen) atoms. The molecular formula is C14H21N3. The summed E-state index contributed by atoms with van der Waals surface area (Å²) in [5.74, 6) is 1.19. The molecule has 1 aromatic heterocycles. The highest BCUT2D eigenvalue weighted by Crippen LogP contribution is 2.29. The Morgan fingerprint density at radius 3 is 2.76 bits per heavy atom. The van der Waals surface area contributed by atoms with E-state index in [-0.39, 0.29) is 5.41 Å². The zero-order chi connectivity index (χ0) is 12.5. The molecule has 0 amide bonds. The van der Waals surface area contributed by atoms with Crippen molar-refractivity contribution in [1.29, 1.82) is 5.26 Å². The van der Waals surface area contributed by atoms with E-state index in [2.05, 4.69) is 31.4 Å². The Labute approximate surface area is 103 Å². The van der Waals surface area contributed by atoms with Gasteiger partial charge in [-0.1, -0.05) is 20.8 Å². The molecule has 1 aliphatic heterocycles. The lowest BCUT2D eigenvalue weighted by molar-refractivity contribution is 0.453. The molecule has 0 aromatic carbocycles. The number of nitrogens with zero attached hydrogens (tertiary/aromatic N) is 3. The fourth-order valence-electron chi connectivity index (χ4n) is 2.57. The fourth-order valence-corrected chi connectivity index (χ4v) is 2.57. The van der Waals surface area contributed by atoms with Gasteiger partial charge in [-0.15, -0.1) is 0 Å². The quantitative estimate of drug-likeness (QED) is 0.785. The number of aromatic nitrogens is 2. The summed E-state index contributed by atoms with van der Waals surface area (Å²) in [6.45, 7) is 7.74. The minimum absolute atomic E-state index is 0.0942. The van der Waals surface area contributed by atoms with E-state index in [9.17, 15) is 0 Å². The Bertz CT molecular complexity index is 443. The van der Waals surface area contributed by atoms with Crippen LogP contribution in [0, 0.1) is 11.3 Å². The van der Waals surface area contributed by atoms with Crippen LogP contribution in [0.25, 0.3) is 0 Å². The van der Waals surface area contributed by atoms with Crippen LogP contribution in [0.4, 0.5) is 0 Å². The molecule has 1 aliphatic rings. The number of imidazole rings is 1. The molecule has 0 bridgehead atoms.